The topological polar surface area (TPSA) is 49.4 Å². The lowest BCUT2D eigenvalue weighted by Gasteiger charge is -2.16. The molecular weight excluding hydrogens is 356 g/mol. The normalized spacial score (nSPS) is 17.7. The molecule has 1 fully saturated rings. The number of hydrogen-bond acceptors (Lipinski definition) is 3. The Morgan fingerprint density at radius 1 is 1.09 bits per heavy atom. The number of carbonyl (C=O) groups is 2. The Kier molecular flexibility index (Phi) is 4.48. The van der Waals surface area contributed by atoms with Crippen molar-refractivity contribution in [2.75, 3.05) is 10.2 Å². The highest BCUT2D eigenvalue weighted by Gasteiger charge is 2.39. The molecular formula is C18H17BrN2O2. The largest absolute Gasteiger partial charge is 0.373 e. The molecule has 0 saturated carbocycles. The Hall–Kier alpha value is -2.14. The highest BCUT2D eigenvalue weighted by molar-refractivity contribution is 9.10. The molecule has 118 valence electrons. The van der Waals surface area contributed by atoms with Crippen LogP contribution in [-0.2, 0) is 16.0 Å². The van der Waals surface area contributed by atoms with E-state index in [2.05, 4.69) is 28.2 Å². The summed E-state index contributed by atoms with van der Waals surface area (Å²) in [6.45, 7) is 2.07. The van der Waals surface area contributed by atoms with E-state index >= 15 is 0 Å². The molecule has 1 unspecified atom stereocenters. The van der Waals surface area contributed by atoms with Crippen molar-refractivity contribution in [3.05, 3.63) is 58.6 Å². The minimum Gasteiger partial charge on any atom is -0.373 e. The Bertz CT molecular complexity index is 726. The number of imide groups is 1. The van der Waals surface area contributed by atoms with E-state index in [-0.39, 0.29) is 18.2 Å². The SMILES string of the molecule is CCc1ccc(N2C(=O)CC(Nc3ccc(Br)cc3)C2=O)cc1. The van der Waals surface area contributed by atoms with Gasteiger partial charge in [-0.1, -0.05) is 35.0 Å². The molecule has 3 rings (SSSR count). The summed E-state index contributed by atoms with van der Waals surface area (Å²) >= 11 is 3.37. The lowest BCUT2D eigenvalue weighted by atomic mass is 10.1. The Morgan fingerprint density at radius 2 is 1.74 bits per heavy atom. The van der Waals surface area contributed by atoms with Crippen LogP contribution in [0.3, 0.4) is 0 Å². The average Bonchev–Trinajstić information content (AvgIpc) is 2.84. The first kappa shape index (κ1) is 15.7. The molecule has 1 atom stereocenters. The number of nitrogens with zero attached hydrogens (tertiary/aromatic N) is 1. The predicted octanol–water partition coefficient (Wildman–Crippen LogP) is 3.76. The molecule has 4 nitrogen and oxygen atoms in total. The monoisotopic (exact) mass is 372 g/mol. The number of nitrogens with one attached hydrogen (secondary N) is 1. The van der Waals surface area contributed by atoms with Crippen LogP contribution in [0.15, 0.2) is 53.0 Å². The van der Waals surface area contributed by atoms with Crippen LogP contribution in [0.25, 0.3) is 0 Å². The van der Waals surface area contributed by atoms with Crippen LogP contribution in [0.4, 0.5) is 11.4 Å². The van der Waals surface area contributed by atoms with Gasteiger partial charge in [-0.2, -0.15) is 0 Å². The number of aryl methyl sites for hydroxylation is 1. The molecule has 0 radical (unpaired) electrons. The number of anilines is 2. The molecule has 23 heavy (non-hydrogen) atoms. The standard InChI is InChI=1S/C18H17BrN2O2/c1-2-12-3-9-15(10-4-12)21-17(22)11-16(18(21)23)20-14-7-5-13(19)6-8-14/h3-10,16,20H,2,11H2,1H3. The summed E-state index contributed by atoms with van der Waals surface area (Å²) in [5.74, 6) is -0.379. The van der Waals surface area contributed by atoms with E-state index in [1.165, 1.54) is 10.5 Å². The molecule has 1 aliphatic rings. The van der Waals surface area contributed by atoms with Crippen molar-refractivity contribution >= 4 is 39.1 Å². The van der Waals surface area contributed by atoms with Crippen molar-refractivity contribution in [2.24, 2.45) is 0 Å². The van der Waals surface area contributed by atoms with Crippen LogP contribution in [0.2, 0.25) is 0 Å². The van der Waals surface area contributed by atoms with Crippen LogP contribution < -0.4 is 10.2 Å². The number of rotatable bonds is 4. The van der Waals surface area contributed by atoms with Crippen LogP contribution in [0, 0.1) is 0 Å². The van der Waals surface area contributed by atoms with Gasteiger partial charge in [0.25, 0.3) is 5.91 Å². The summed E-state index contributed by atoms with van der Waals surface area (Å²) < 4.78 is 0.967. The second-order valence-electron chi connectivity index (χ2n) is 5.50. The van der Waals surface area contributed by atoms with E-state index in [1.54, 1.807) is 0 Å². The summed E-state index contributed by atoms with van der Waals surface area (Å²) in [7, 11) is 0. The van der Waals surface area contributed by atoms with Crippen molar-refractivity contribution in [2.45, 2.75) is 25.8 Å². The molecule has 2 amide bonds. The van der Waals surface area contributed by atoms with Crippen LogP contribution in [0.1, 0.15) is 18.9 Å². The van der Waals surface area contributed by atoms with Crippen molar-refractivity contribution in [3.63, 3.8) is 0 Å². The van der Waals surface area contributed by atoms with Gasteiger partial charge in [0.05, 0.1) is 12.1 Å². The summed E-state index contributed by atoms with van der Waals surface area (Å²) in [6.07, 6.45) is 1.10. The quantitative estimate of drug-likeness (QED) is 0.831. The fraction of sp³-hybridized carbons (Fsp3) is 0.222. The zero-order valence-corrected chi connectivity index (χ0v) is 14.3. The third-order valence-electron chi connectivity index (χ3n) is 3.93. The maximum atomic E-state index is 12.6. The van der Waals surface area contributed by atoms with Gasteiger partial charge in [0, 0.05) is 10.2 Å². The molecule has 1 heterocycles. The predicted molar refractivity (Wildman–Crippen MR) is 94.5 cm³/mol. The van der Waals surface area contributed by atoms with Gasteiger partial charge < -0.3 is 5.32 Å². The van der Waals surface area contributed by atoms with Crippen molar-refractivity contribution in [1.82, 2.24) is 0 Å². The smallest absolute Gasteiger partial charge is 0.256 e. The summed E-state index contributed by atoms with van der Waals surface area (Å²) in [5.41, 5.74) is 2.64. The number of amides is 2. The third kappa shape index (κ3) is 3.29. The van der Waals surface area contributed by atoms with Gasteiger partial charge >= 0.3 is 0 Å². The van der Waals surface area contributed by atoms with Crippen molar-refractivity contribution < 1.29 is 9.59 Å². The van der Waals surface area contributed by atoms with Crippen molar-refractivity contribution in [3.8, 4) is 0 Å². The highest BCUT2D eigenvalue weighted by atomic mass is 79.9. The van der Waals surface area contributed by atoms with Gasteiger partial charge in [-0.05, 0) is 48.4 Å². The maximum absolute atomic E-state index is 12.6. The Balaban J connectivity index is 1.77. The molecule has 1 aliphatic heterocycles. The molecule has 0 aromatic heterocycles. The first-order chi connectivity index (χ1) is 11.1. The second kappa shape index (κ2) is 6.54. The molecule has 1 saturated heterocycles. The van der Waals surface area contributed by atoms with Gasteiger partial charge in [-0.15, -0.1) is 0 Å². The lowest BCUT2D eigenvalue weighted by molar-refractivity contribution is -0.121. The molecule has 2 aromatic rings. The minimum absolute atomic E-state index is 0.171. The van der Waals surface area contributed by atoms with E-state index in [0.717, 1.165) is 16.6 Å². The van der Waals surface area contributed by atoms with E-state index in [4.69, 9.17) is 0 Å². The summed E-state index contributed by atoms with van der Waals surface area (Å²) in [4.78, 5) is 26.1. The average molecular weight is 373 g/mol. The van der Waals surface area contributed by atoms with E-state index in [9.17, 15) is 9.59 Å². The second-order valence-corrected chi connectivity index (χ2v) is 6.41. The van der Waals surface area contributed by atoms with Gasteiger partial charge in [0.1, 0.15) is 6.04 Å². The molecule has 2 aromatic carbocycles. The number of carbonyl (C=O) groups excluding carboxylic acids is 2. The van der Waals surface area contributed by atoms with Crippen LogP contribution in [0.5, 0.6) is 0 Å². The minimum atomic E-state index is -0.519. The fourth-order valence-electron chi connectivity index (χ4n) is 2.64. The summed E-state index contributed by atoms with van der Waals surface area (Å²) in [5, 5.41) is 3.14. The zero-order valence-electron chi connectivity index (χ0n) is 12.8. The van der Waals surface area contributed by atoms with E-state index in [0.29, 0.717) is 5.69 Å². The Labute approximate surface area is 143 Å². The number of hydrogen-bond donors (Lipinski definition) is 1. The van der Waals surface area contributed by atoms with E-state index < -0.39 is 6.04 Å². The molecule has 5 heteroatoms. The van der Waals surface area contributed by atoms with Gasteiger partial charge in [-0.3, -0.25) is 9.59 Å². The van der Waals surface area contributed by atoms with Gasteiger partial charge in [0.2, 0.25) is 5.91 Å². The Morgan fingerprint density at radius 3 is 2.35 bits per heavy atom. The molecule has 0 bridgehead atoms. The third-order valence-corrected chi connectivity index (χ3v) is 4.46. The highest BCUT2D eigenvalue weighted by Crippen LogP contribution is 2.25. The fourth-order valence-corrected chi connectivity index (χ4v) is 2.91. The first-order valence-electron chi connectivity index (χ1n) is 7.56. The maximum Gasteiger partial charge on any atom is 0.256 e. The van der Waals surface area contributed by atoms with E-state index in [1.807, 2.05) is 48.5 Å². The summed E-state index contributed by atoms with van der Waals surface area (Å²) in [6, 6.07) is 14.6. The number of benzene rings is 2. The molecule has 0 aliphatic carbocycles. The van der Waals surface area contributed by atoms with Gasteiger partial charge in [-0.25, -0.2) is 4.90 Å². The van der Waals surface area contributed by atoms with Crippen LogP contribution >= 0.6 is 15.9 Å². The van der Waals surface area contributed by atoms with Gasteiger partial charge in [0.15, 0.2) is 0 Å². The lowest BCUT2D eigenvalue weighted by Crippen LogP contribution is -2.34. The molecule has 1 N–H and O–H groups in total. The molecule has 0 spiro atoms. The zero-order chi connectivity index (χ0) is 16.4. The van der Waals surface area contributed by atoms with Crippen LogP contribution in [-0.4, -0.2) is 17.9 Å². The number of halogens is 1. The first-order valence-corrected chi connectivity index (χ1v) is 8.35. The van der Waals surface area contributed by atoms with Crippen molar-refractivity contribution in [1.29, 1.82) is 0 Å².